The molecule has 4 aromatic carbocycles. The second-order valence-corrected chi connectivity index (χ2v) is 8.97. The minimum absolute atomic E-state index is 0.0146. The number of hydrogen-bond acceptors (Lipinski definition) is 8. The Morgan fingerprint density at radius 2 is 1.61 bits per heavy atom. The van der Waals surface area contributed by atoms with Gasteiger partial charge in [-0.25, -0.2) is 0 Å². The molecule has 0 spiro atoms. The van der Waals surface area contributed by atoms with Crippen LogP contribution in [-0.2, 0) is 7.05 Å². The highest BCUT2D eigenvalue weighted by atomic mass is 16.8. The van der Waals surface area contributed by atoms with Gasteiger partial charge in [-0.15, -0.1) is 0 Å². The lowest BCUT2D eigenvalue weighted by Crippen LogP contribution is -2.27. The molecule has 38 heavy (non-hydrogen) atoms. The van der Waals surface area contributed by atoms with E-state index < -0.39 is 23.1 Å². The summed E-state index contributed by atoms with van der Waals surface area (Å²) in [5.41, 5.74) is 0.469. The molecule has 1 atom stereocenters. The number of para-hydroxylation sites is 1. The van der Waals surface area contributed by atoms with Gasteiger partial charge in [-0.3, -0.25) is 14.8 Å². The van der Waals surface area contributed by atoms with Gasteiger partial charge < -0.3 is 30.5 Å². The predicted octanol–water partition coefficient (Wildman–Crippen LogP) is 5.22. The van der Waals surface area contributed by atoms with E-state index in [1.54, 1.807) is 42.5 Å². The first-order valence-electron chi connectivity index (χ1n) is 11.8. The van der Waals surface area contributed by atoms with E-state index in [-0.39, 0.29) is 28.6 Å². The first-order valence-corrected chi connectivity index (χ1v) is 11.8. The number of aromatic nitrogens is 1. The van der Waals surface area contributed by atoms with Gasteiger partial charge in [0.05, 0.1) is 17.2 Å². The van der Waals surface area contributed by atoms with Gasteiger partial charge in [-0.1, -0.05) is 42.5 Å². The maximum Gasteiger partial charge on any atom is 0.265 e. The number of pyridine rings is 1. The quantitative estimate of drug-likeness (QED) is 0.173. The highest BCUT2D eigenvalue weighted by Gasteiger charge is 2.27. The molecule has 0 bridgehead atoms. The molecule has 5 rings (SSSR count). The van der Waals surface area contributed by atoms with E-state index in [1.165, 1.54) is 29.8 Å². The third-order valence-electron chi connectivity index (χ3n) is 6.67. The lowest BCUT2D eigenvalue weighted by molar-refractivity contribution is 0.0972. The molecule has 0 saturated carbocycles. The van der Waals surface area contributed by atoms with Gasteiger partial charge in [0, 0.05) is 30.1 Å². The molecule has 0 aliphatic carbocycles. The van der Waals surface area contributed by atoms with Crippen LogP contribution in [0, 0.1) is 5.21 Å². The van der Waals surface area contributed by atoms with Crippen LogP contribution < -0.4 is 16.1 Å². The van der Waals surface area contributed by atoms with Crippen molar-refractivity contribution in [1.82, 2.24) is 4.57 Å². The lowest BCUT2D eigenvalue weighted by Gasteiger charge is -2.24. The number of benzene rings is 4. The Bertz CT molecular complexity index is 1730. The van der Waals surface area contributed by atoms with Crippen LogP contribution in [0.4, 0.5) is 11.4 Å². The summed E-state index contributed by atoms with van der Waals surface area (Å²) in [6.45, 7) is 0. The maximum absolute atomic E-state index is 13.7. The Labute approximate surface area is 217 Å². The molecule has 9 nitrogen and oxygen atoms in total. The maximum atomic E-state index is 13.7. The average Bonchev–Trinajstić information content (AvgIpc) is 2.92. The highest BCUT2D eigenvalue weighted by molar-refractivity contribution is 6.04. The molecule has 1 aromatic heterocycles. The molecular formula is C29H24N3O6-. The summed E-state index contributed by atoms with van der Waals surface area (Å²) in [4.78, 5) is 26.8. The van der Waals surface area contributed by atoms with Crippen LogP contribution in [0.15, 0.2) is 89.7 Å². The van der Waals surface area contributed by atoms with E-state index in [9.17, 15) is 25.0 Å². The molecule has 4 N–H and O–H groups in total. The van der Waals surface area contributed by atoms with Gasteiger partial charge in [-0.05, 0) is 53.2 Å². The molecule has 5 aromatic rings. The van der Waals surface area contributed by atoms with Gasteiger partial charge >= 0.3 is 0 Å². The average molecular weight is 511 g/mol. The molecule has 0 saturated heterocycles. The summed E-state index contributed by atoms with van der Waals surface area (Å²) in [6.07, 6.45) is -0.280. The summed E-state index contributed by atoms with van der Waals surface area (Å²) >= 11 is 0. The zero-order valence-electron chi connectivity index (χ0n) is 20.3. The van der Waals surface area contributed by atoms with E-state index in [2.05, 4.69) is 5.32 Å². The minimum atomic E-state index is -0.826. The van der Waals surface area contributed by atoms with Crippen LogP contribution >= 0.6 is 0 Å². The number of nitrogens with zero attached hydrogens (tertiary/aromatic N) is 2. The standard InChI is InChI=1S/C29H24N3O6/c1-31-23-9-5-4-8-21(23)28(35)27(29(31)36)25(34)16-22(30-18-11-13-19(14-12-18)32(37)38)26-20-7-3-2-6-17(20)10-15-24(26)33/h2-15,22,30,33,35,37H,16H2,1H3/q-1/t22-/m0/s1. The number of phenolic OH excluding ortho intramolecular Hbond substituents is 1. The highest BCUT2D eigenvalue weighted by Crippen LogP contribution is 2.37. The van der Waals surface area contributed by atoms with Crippen molar-refractivity contribution in [2.75, 3.05) is 10.5 Å². The molecule has 9 heteroatoms. The first kappa shape index (κ1) is 24.8. The Morgan fingerprint density at radius 1 is 0.947 bits per heavy atom. The normalized spacial score (nSPS) is 12.0. The van der Waals surface area contributed by atoms with Gasteiger partial charge in [0.1, 0.15) is 17.1 Å². The topological polar surface area (TPSA) is 138 Å². The number of aromatic hydroxyl groups is 2. The third kappa shape index (κ3) is 4.40. The van der Waals surface area contributed by atoms with Gasteiger partial charge in [0.2, 0.25) is 0 Å². The molecular weight excluding hydrogens is 486 g/mol. The number of ketones is 1. The van der Waals surface area contributed by atoms with E-state index in [0.717, 1.165) is 5.39 Å². The van der Waals surface area contributed by atoms with E-state index in [4.69, 9.17) is 5.21 Å². The number of hydrogen-bond donors (Lipinski definition) is 4. The summed E-state index contributed by atoms with van der Waals surface area (Å²) in [7, 11) is 1.54. The van der Waals surface area contributed by atoms with Crippen LogP contribution in [-0.4, -0.2) is 25.8 Å². The molecule has 192 valence electrons. The van der Waals surface area contributed by atoms with Crippen LogP contribution in [0.5, 0.6) is 11.5 Å². The van der Waals surface area contributed by atoms with Gasteiger partial charge in [-0.2, -0.15) is 0 Å². The smallest absolute Gasteiger partial charge is 0.265 e. The molecule has 0 aliphatic heterocycles. The third-order valence-corrected chi connectivity index (χ3v) is 6.67. The van der Waals surface area contributed by atoms with Crippen LogP contribution in [0.2, 0.25) is 0 Å². The number of aryl methyl sites for hydroxylation is 1. The summed E-state index contributed by atoms with van der Waals surface area (Å²) in [5, 5.41) is 47.1. The second-order valence-electron chi connectivity index (χ2n) is 8.97. The van der Waals surface area contributed by atoms with Crippen LogP contribution in [0.1, 0.15) is 28.4 Å². The largest absolute Gasteiger partial charge is 0.733 e. The van der Waals surface area contributed by atoms with Crippen LogP contribution in [0.25, 0.3) is 21.7 Å². The number of rotatable bonds is 7. The second kappa shape index (κ2) is 9.89. The molecule has 0 radical (unpaired) electrons. The van der Waals surface area contributed by atoms with Crippen molar-refractivity contribution in [2.24, 2.45) is 7.05 Å². The Balaban J connectivity index is 1.62. The molecule has 0 amide bonds. The zero-order valence-corrected chi connectivity index (χ0v) is 20.3. The number of carbonyl (C=O) groups is 1. The monoisotopic (exact) mass is 510 g/mol. The van der Waals surface area contributed by atoms with Crippen molar-refractivity contribution in [2.45, 2.75) is 12.5 Å². The molecule has 0 aliphatic rings. The van der Waals surface area contributed by atoms with Crippen molar-refractivity contribution in [3.8, 4) is 11.5 Å². The Hall–Kier alpha value is -4.86. The van der Waals surface area contributed by atoms with E-state index >= 15 is 0 Å². The number of anilines is 2. The number of fused-ring (bicyclic) bond motifs is 2. The summed E-state index contributed by atoms with van der Waals surface area (Å²) < 4.78 is 1.32. The number of phenols is 1. The number of Topliss-reactive ketones (excluding diaryl/α,β-unsaturated/α-hetero) is 1. The number of carbonyl (C=O) groups excluding carboxylic acids is 1. The van der Waals surface area contributed by atoms with Gasteiger partial charge in [0.15, 0.2) is 5.78 Å². The van der Waals surface area contributed by atoms with Crippen molar-refractivity contribution in [1.29, 1.82) is 0 Å². The fourth-order valence-electron chi connectivity index (χ4n) is 4.78. The Morgan fingerprint density at radius 3 is 2.32 bits per heavy atom. The summed E-state index contributed by atoms with van der Waals surface area (Å²) in [6, 6.07) is 22.5. The van der Waals surface area contributed by atoms with E-state index in [1.807, 2.05) is 24.3 Å². The number of nitrogens with one attached hydrogen (secondary N) is 1. The fraction of sp³-hybridized carbons (Fsp3) is 0.103. The Kier molecular flexibility index (Phi) is 6.46. The SMILES string of the molecule is Cn1c(=O)c(C(=O)C[C@H](Nc2ccc(N([O-])O)cc2)c2c(O)ccc3ccccc23)c(O)c2ccccc21. The van der Waals surface area contributed by atoms with Crippen molar-refractivity contribution >= 4 is 38.8 Å². The van der Waals surface area contributed by atoms with Gasteiger partial charge in [0.25, 0.3) is 5.56 Å². The van der Waals surface area contributed by atoms with Crippen molar-refractivity contribution < 1.29 is 20.2 Å². The predicted molar refractivity (Wildman–Crippen MR) is 146 cm³/mol. The zero-order chi connectivity index (χ0) is 27.0. The molecule has 1 heterocycles. The van der Waals surface area contributed by atoms with Crippen molar-refractivity contribution in [3.05, 3.63) is 112 Å². The summed E-state index contributed by atoms with van der Waals surface area (Å²) in [5.74, 6) is -1.06. The lowest BCUT2D eigenvalue weighted by atomic mass is 9.92. The van der Waals surface area contributed by atoms with Crippen molar-refractivity contribution in [3.63, 3.8) is 0 Å². The van der Waals surface area contributed by atoms with E-state index in [0.29, 0.717) is 27.5 Å². The van der Waals surface area contributed by atoms with Crippen LogP contribution in [0.3, 0.4) is 0 Å². The first-order chi connectivity index (χ1) is 18.3. The molecule has 0 fully saturated rings. The molecule has 0 unspecified atom stereocenters. The minimum Gasteiger partial charge on any atom is -0.733 e. The fourth-order valence-corrected chi connectivity index (χ4v) is 4.78.